The molecule has 1 aromatic rings. The molecule has 0 aliphatic heterocycles. The van der Waals surface area contributed by atoms with Gasteiger partial charge in [0.1, 0.15) is 0 Å². The molecular formula is C9H13NO2S. The Morgan fingerprint density at radius 1 is 1.69 bits per heavy atom. The van der Waals surface area contributed by atoms with Crippen LogP contribution in [0.4, 0.5) is 0 Å². The zero-order valence-electron chi connectivity index (χ0n) is 7.51. The van der Waals surface area contributed by atoms with Gasteiger partial charge in [-0.05, 0) is 18.1 Å². The zero-order chi connectivity index (χ0) is 9.68. The minimum Gasteiger partial charge on any atom is -0.396 e. The fourth-order valence-corrected chi connectivity index (χ4v) is 2.11. The van der Waals surface area contributed by atoms with E-state index in [4.69, 9.17) is 5.11 Å². The van der Waals surface area contributed by atoms with Crippen molar-refractivity contribution < 1.29 is 9.32 Å². The molecular weight excluding hydrogens is 186 g/mol. The molecule has 72 valence electrons. The topological polar surface area (TPSA) is 50.2 Å². The maximum Gasteiger partial charge on any atom is 0.0571 e. The number of nitrogens with zero attached hydrogens (tertiary/aromatic N) is 1. The molecule has 1 rings (SSSR count). The highest BCUT2D eigenvalue weighted by atomic mass is 32.2. The lowest BCUT2D eigenvalue weighted by Gasteiger charge is -2.06. The predicted molar refractivity (Wildman–Crippen MR) is 51.8 cm³/mol. The average molecular weight is 199 g/mol. The number of rotatable bonds is 4. The minimum atomic E-state index is -1.04. The highest BCUT2D eigenvalue weighted by Crippen LogP contribution is 2.07. The third-order valence-corrected chi connectivity index (χ3v) is 3.28. The van der Waals surface area contributed by atoms with Gasteiger partial charge >= 0.3 is 0 Å². The van der Waals surface area contributed by atoms with Crippen molar-refractivity contribution in [1.82, 2.24) is 4.98 Å². The van der Waals surface area contributed by atoms with Crippen molar-refractivity contribution in [2.24, 2.45) is 5.92 Å². The van der Waals surface area contributed by atoms with Crippen molar-refractivity contribution in [3.05, 3.63) is 24.5 Å². The molecule has 0 aliphatic rings. The molecule has 0 radical (unpaired) electrons. The highest BCUT2D eigenvalue weighted by molar-refractivity contribution is 7.85. The smallest absolute Gasteiger partial charge is 0.0571 e. The van der Waals surface area contributed by atoms with Crippen molar-refractivity contribution in [2.45, 2.75) is 11.8 Å². The van der Waals surface area contributed by atoms with Gasteiger partial charge in [-0.25, -0.2) is 0 Å². The van der Waals surface area contributed by atoms with Crippen LogP contribution in [0.2, 0.25) is 0 Å². The summed E-state index contributed by atoms with van der Waals surface area (Å²) in [6.07, 6.45) is 3.25. The number of pyridine rings is 1. The summed E-state index contributed by atoms with van der Waals surface area (Å²) >= 11 is 0. The third-order valence-electron chi connectivity index (χ3n) is 1.64. The lowest BCUT2D eigenvalue weighted by molar-refractivity contribution is 0.250. The standard InChI is InChI=1S/C9H13NO2S/c1-8(6-11)7-13(12)9-3-2-4-10-5-9/h2-5,8,11H,6-7H2,1H3. The Hall–Kier alpha value is -0.740. The SMILES string of the molecule is CC(CO)CS(=O)c1cccnc1. The van der Waals surface area contributed by atoms with Crippen LogP contribution in [-0.2, 0) is 10.8 Å². The first-order chi connectivity index (χ1) is 6.24. The Kier molecular flexibility index (Phi) is 4.05. The Morgan fingerprint density at radius 2 is 2.46 bits per heavy atom. The zero-order valence-corrected chi connectivity index (χ0v) is 8.33. The Balaban J connectivity index is 2.59. The monoisotopic (exact) mass is 199 g/mol. The molecule has 13 heavy (non-hydrogen) atoms. The van der Waals surface area contributed by atoms with E-state index in [9.17, 15) is 4.21 Å². The van der Waals surface area contributed by atoms with Crippen molar-refractivity contribution in [3.8, 4) is 0 Å². The van der Waals surface area contributed by atoms with Crippen molar-refractivity contribution in [3.63, 3.8) is 0 Å². The van der Waals surface area contributed by atoms with Crippen LogP contribution in [0.15, 0.2) is 29.4 Å². The molecule has 0 spiro atoms. The fourth-order valence-electron chi connectivity index (χ4n) is 0.889. The normalized spacial score (nSPS) is 15.2. The maximum atomic E-state index is 11.6. The fraction of sp³-hybridized carbons (Fsp3) is 0.444. The summed E-state index contributed by atoms with van der Waals surface area (Å²) in [5.74, 6) is 0.559. The molecule has 0 aromatic carbocycles. The lowest BCUT2D eigenvalue weighted by Crippen LogP contribution is -2.11. The maximum absolute atomic E-state index is 11.6. The van der Waals surface area contributed by atoms with Gasteiger partial charge in [-0.2, -0.15) is 0 Å². The van der Waals surface area contributed by atoms with Crippen molar-refractivity contribution in [2.75, 3.05) is 12.4 Å². The van der Waals surface area contributed by atoms with E-state index in [1.54, 1.807) is 24.5 Å². The van der Waals surface area contributed by atoms with Crippen molar-refractivity contribution >= 4 is 10.8 Å². The number of aliphatic hydroxyl groups excluding tert-OH is 1. The van der Waals surface area contributed by atoms with Crippen LogP contribution in [0.1, 0.15) is 6.92 Å². The second kappa shape index (κ2) is 5.09. The summed E-state index contributed by atoms with van der Waals surface area (Å²) in [4.78, 5) is 4.61. The molecule has 1 aromatic heterocycles. The lowest BCUT2D eigenvalue weighted by atomic mass is 10.2. The van der Waals surface area contributed by atoms with E-state index in [-0.39, 0.29) is 12.5 Å². The van der Waals surface area contributed by atoms with Crippen LogP contribution in [0, 0.1) is 5.92 Å². The van der Waals surface area contributed by atoms with Gasteiger partial charge in [-0.15, -0.1) is 0 Å². The van der Waals surface area contributed by atoms with Gasteiger partial charge in [0.2, 0.25) is 0 Å². The summed E-state index contributed by atoms with van der Waals surface area (Å²) < 4.78 is 11.6. The van der Waals surface area contributed by atoms with E-state index in [1.807, 2.05) is 6.92 Å². The van der Waals surface area contributed by atoms with E-state index in [0.717, 1.165) is 4.90 Å². The molecule has 0 bridgehead atoms. The van der Waals surface area contributed by atoms with Crippen LogP contribution in [0.25, 0.3) is 0 Å². The summed E-state index contributed by atoms with van der Waals surface area (Å²) in [5, 5.41) is 8.78. The molecule has 0 saturated heterocycles. The third kappa shape index (κ3) is 3.24. The van der Waals surface area contributed by atoms with Gasteiger partial charge in [0, 0.05) is 24.8 Å². The van der Waals surface area contributed by atoms with E-state index in [0.29, 0.717) is 5.75 Å². The summed E-state index contributed by atoms with van der Waals surface area (Å²) in [6, 6.07) is 3.55. The molecule has 0 amide bonds. The average Bonchev–Trinajstić information content (AvgIpc) is 2.19. The van der Waals surface area contributed by atoms with Gasteiger partial charge in [0.15, 0.2) is 0 Å². The van der Waals surface area contributed by atoms with Crippen LogP contribution in [0.3, 0.4) is 0 Å². The van der Waals surface area contributed by atoms with E-state index < -0.39 is 10.8 Å². The molecule has 0 fully saturated rings. The van der Waals surface area contributed by atoms with Gasteiger partial charge in [-0.1, -0.05) is 6.92 Å². The molecule has 3 nitrogen and oxygen atoms in total. The van der Waals surface area contributed by atoms with Gasteiger partial charge < -0.3 is 5.11 Å². The molecule has 1 heterocycles. The van der Waals surface area contributed by atoms with Crippen molar-refractivity contribution in [1.29, 1.82) is 0 Å². The molecule has 2 atom stereocenters. The molecule has 0 saturated carbocycles. The van der Waals surface area contributed by atoms with Crippen LogP contribution < -0.4 is 0 Å². The first kappa shape index (κ1) is 10.3. The van der Waals surface area contributed by atoms with Crippen LogP contribution in [0.5, 0.6) is 0 Å². The summed E-state index contributed by atoms with van der Waals surface area (Å²) in [7, 11) is -1.04. The van der Waals surface area contributed by atoms with Gasteiger partial charge in [-0.3, -0.25) is 9.19 Å². The summed E-state index contributed by atoms with van der Waals surface area (Å²) in [5.41, 5.74) is 0. The second-order valence-electron chi connectivity index (χ2n) is 2.99. The van der Waals surface area contributed by atoms with Crippen LogP contribution >= 0.6 is 0 Å². The molecule has 0 aliphatic carbocycles. The summed E-state index contributed by atoms with van der Waals surface area (Å²) in [6.45, 7) is 1.94. The number of hydrogen-bond acceptors (Lipinski definition) is 3. The largest absolute Gasteiger partial charge is 0.396 e. The van der Waals surface area contributed by atoms with Gasteiger partial charge in [0.25, 0.3) is 0 Å². The predicted octanol–water partition coefficient (Wildman–Crippen LogP) is 0.818. The first-order valence-corrected chi connectivity index (χ1v) is 5.45. The number of aliphatic hydroxyl groups is 1. The second-order valence-corrected chi connectivity index (χ2v) is 4.48. The quantitative estimate of drug-likeness (QED) is 0.781. The number of aromatic nitrogens is 1. The Morgan fingerprint density at radius 3 is 3.00 bits per heavy atom. The molecule has 4 heteroatoms. The van der Waals surface area contributed by atoms with E-state index >= 15 is 0 Å². The number of hydrogen-bond donors (Lipinski definition) is 1. The van der Waals surface area contributed by atoms with E-state index in [1.165, 1.54) is 0 Å². The first-order valence-electron chi connectivity index (χ1n) is 4.13. The van der Waals surface area contributed by atoms with E-state index in [2.05, 4.69) is 4.98 Å². The Labute approximate surface area is 80.3 Å². The highest BCUT2D eigenvalue weighted by Gasteiger charge is 2.08. The minimum absolute atomic E-state index is 0.0704. The molecule has 2 unspecified atom stereocenters. The van der Waals surface area contributed by atoms with Gasteiger partial charge in [0.05, 0.1) is 15.7 Å². The molecule has 1 N–H and O–H groups in total. The Bertz CT molecular complexity index is 276. The van der Waals surface area contributed by atoms with Crippen LogP contribution in [-0.4, -0.2) is 26.7 Å².